The summed E-state index contributed by atoms with van der Waals surface area (Å²) in [6.45, 7) is 2.57. The van der Waals surface area contributed by atoms with Gasteiger partial charge in [-0.25, -0.2) is 5.43 Å². The average Bonchev–Trinajstić information content (AvgIpc) is 2.29. The van der Waals surface area contributed by atoms with Gasteiger partial charge < -0.3 is 9.47 Å². The van der Waals surface area contributed by atoms with Crippen molar-refractivity contribution < 1.29 is 9.47 Å². The zero-order valence-electron chi connectivity index (χ0n) is 8.45. The maximum atomic E-state index is 5.48. The van der Waals surface area contributed by atoms with E-state index in [1.165, 1.54) is 0 Å². The second kappa shape index (κ2) is 4.97. The highest BCUT2D eigenvalue weighted by atomic mass is 16.6. The molecular weight excluding hydrogens is 194 g/mol. The first kappa shape index (κ1) is 10.2. The summed E-state index contributed by atoms with van der Waals surface area (Å²) in [6, 6.07) is 5.93. The van der Waals surface area contributed by atoms with Crippen molar-refractivity contribution in [3.8, 4) is 11.5 Å². The quantitative estimate of drug-likeness (QED) is 0.281. The SMILES string of the molecule is NNCNCc1ccc2c(c1)OCCO2. The molecule has 0 aliphatic carbocycles. The van der Waals surface area contributed by atoms with Gasteiger partial charge in [-0.05, 0) is 17.7 Å². The minimum absolute atomic E-state index is 0.578. The average molecular weight is 209 g/mol. The van der Waals surface area contributed by atoms with Gasteiger partial charge in [0.25, 0.3) is 0 Å². The molecule has 0 fully saturated rings. The molecule has 0 spiro atoms. The molecule has 1 heterocycles. The van der Waals surface area contributed by atoms with Crippen molar-refractivity contribution in [1.82, 2.24) is 10.7 Å². The number of fused-ring (bicyclic) bond motifs is 1. The Morgan fingerprint density at radius 1 is 1.20 bits per heavy atom. The Kier molecular flexibility index (Phi) is 3.39. The Bertz CT molecular complexity index is 330. The van der Waals surface area contributed by atoms with Crippen LogP contribution in [0.5, 0.6) is 11.5 Å². The third-order valence-corrected chi connectivity index (χ3v) is 2.16. The van der Waals surface area contributed by atoms with Crippen molar-refractivity contribution in [2.45, 2.75) is 6.54 Å². The van der Waals surface area contributed by atoms with Crippen LogP contribution >= 0.6 is 0 Å². The topological polar surface area (TPSA) is 68.5 Å². The molecule has 4 N–H and O–H groups in total. The van der Waals surface area contributed by atoms with E-state index < -0.39 is 0 Å². The highest BCUT2D eigenvalue weighted by Gasteiger charge is 2.11. The van der Waals surface area contributed by atoms with Gasteiger partial charge in [0.05, 0.1) is 6.67 Å². The third-order valence-electron chi connectivity index (χ3n) is 2.16. The molecule has 1 aromatic carbocycles. The second-order valence-corrected chi connectivity index (χ2v) is 3.29. The number of nitrogens with two attached hydrogens (primary N) is 1. The third kappa shape index (κ3) is 2.59. The van der Waals surface area contributed by atoms with Crippen LogP contribution < -0.4 is 26.1 Å². The molecule has 15 heavy (non-hydrogen) atoms. The number of hydrogen-bond donors (Lipinski definition) is 3. The molecule has 0 bridgehead atoms. The van der Waals surface area contributed by atoms with Crippen LogP contribution in [0.2, 0.25) is 0 Å². The smallest absolute Gasteiger partial charge is 0.161 e. The molecule has 0 atom stereocenters. The Morgan fingerprint density at radius 3 is 2.80 bits per heavy atom. The van der Waals surface area contributed by atoms with Crippen LogP contribution in [0.25, 0.3) is 0 Å². The van der Waals surface area contributed by atoms with Crippen LogP contribution in [0.1, 0.15) is 5.56 Å². The second-order valence-electron chi connectivity index (χ2n) is 3.29. The van der Waals surface area contributed by atoms with Crippen LogP contribution in [0.4, 0.5) is 0 Å². The Balaban J connectivity index is 2.00. The molecule has 2 rings (SSSR count). The van der Waals surface area contributed by atoms with E-state index in [0.717, 1.165) is 23.6 Å². The van der Waals surface area contributed by atoms with E-state index in [4.69, 9.17) is 15.3 Å². The Labute approximate surface area is 88.5 Å². The fourth-order valence-corrected chi connectivity index (χ4v) is 1.48. The fourth-order valence-electron chi connectivity index (χ4n) is 1.48. The lowest BCUT2D eigenvalue weighted by Gasteiger charge is -2.18. The monoisotopic (exact) mass is 209 g/mol. The van der Waals surface area contributed by atoms with Crippen molar-refractivity contribution >= 4 is 0 Å². The number of nitrogens with one attached hydrogen (secondary N) is 2. The molecule has 0 unspecified atom stereocenters. The van der Waals surface area contributed by atoms with Crippen molar-refractivity contribution in [3.63, 3.8) is 0 Å². The molecule has 1 aliphatic rings. The van der Waals surface area contributed by atoms with Gasteiger partial charge in [-0.2, -0.15) is 0 Å². The first-order valence-electron chi connectivity index (χ1n) is 4.93. The molecule has 0 saturated carbocycles. The van der Waals surface area contributed by atoms with Crippen LogP contribution in [-0.4, -0.2) is 19.9 Å². The van der Waals surface area contributed by atoms with Gasteiger partial charge in [-0.3, -0.25) is 11.2 Å². The van der Waals surface area contributed by atoms with Crippen molar-refractivity contribution in [2.75, 3.05) is 19.9 Å². The maximum absolute atomic E-state index is 5.48. The summed E-state index contributed by atoms with van der Waals surface area (Å²) < 4.78 is 10.9. The zero-order valence-corrected chi connectivity index (χ0v) is 8.45. The van der Waals surface area contributed by atoms with Gasteiger partial charge in [0, 0.05) is 6.54 Å². The van der Waals surface area contributed by atoms with E-state index >= 15 is 0 Å². The number of ether oxygens (including phenoxy) is 2. The molecule has 0 saturated heterocycles. The Hall–Kier alpha value is -1.30. The predicted octanol–water partition coefficient (Wildman–Crippen LogP) is -0.0318. The van der Waals surface area contributed by atoms with Gasteiger partial charge in [0.2, 0.25) is 0 Å². The first-order valence-corrected chi connectivity index (χ1v) is 4.93. The van der Waals surface area contributed by atoms with Crippen molar-refractivity contribution in [3.05, 3.63) is 23.8 Å². The van der Waals surface area contributed by atoms with E-state index in [0.29, 0.717) is 19.9 Å². The van der Waals surface area contributed by atoms with Gasteiger partial charge >= 0.3 is 0 Å². The molecule has 5 heteroatoms. The Morgan fingerprint density at radius 2 is 2.00 bits per heavy atom. The van der Waals surface area contributed by atoms with Crippen LogP contribution in [0.15, 0.2) is 18.2 Å². The molecular formula is C10H15N3O2. The normalized spacial score (nSPS) is 13.9. The van der Waals surface area contributed by atoms with E-state index in [1.54, 1.807) is 0 Å². The molecule has 5 nitrogen and oxygen atoms in total. The lowest BCUT2D eigenvalue weighted by Crippen LogP contribution is -2.33. The zero-order chi connectivity index (χ0) is 10.5. The van der Waals surface area contributed by atoms with Gasteiger partial charge in [0.1, 0.15) is 13.2 Å². The molecule has 82 valence electrons. The van der Waals surface area contributed by atoms with E-state index in [-0.39, 0.29) is 0 Å². The van der Waals surface area contributed by atoms with E-state index in [1.807, 2.05) is 18.2 Å². The van der Waals surface area contributed by atoms with Crippen LogP contribution in [0.3, 0.4) is 0 Å². The minimum atomic E-state index is 0.578. The van der Waals surface area contributed by atoms with E-state index in [2.05, 4.69) is 10.7 Å². The van der Waals surface area contributed by atoms with Crippen molar-refractivity contribution in [1.29, 1.82) is 0 Å². The van der Waals surface area contributed by atoms with Crippen LogP contribution in [-0.2, 0) is 6.54 Å². The van der Waals surface area contributed by atoms with Gasteiger partial charge in [-0.15, -0.1) is 0 Å². The summed E-state index contributed by atoms with van der Waals surface area (Å²) in [5, 5.41) is 3.13. The number of rotatable bonds is 4. The summed E-state index contributed by atoms with van der Waals surface area (Å²) in [7, 11) is 0. The maximum Gasteiger partial charge on any atom is 0.161 e. The first-order chi connectivity index (χ1) is 7.40. The molecule has 1 aromatic rings. The lowest BCUT2D eigenvalue weighted by molar-refractivity contribution is 0.171. The largest absolute Gasteiger partial charge is 0.486 e. The van der Waals surface area contributed by atoms with Gasteiger partial charge in [0.15, 0.2) is 11.5 Å². The number of hydrazine groups is 1. The summed E-state index contributed by atoms with van der Waals surface area (Å²) in [6.07, 6.45) is 0. The minimum Gasteiger partial charge on any atom is -0.486 e. The predicted molar refractivity (Wildman–Crippen MR) is 56.5 cm³/mol. The lowest BCUT2D eigenvalue weighted by atomic mass is 10.2. The summed E-state index contributed by atoms with van der Waals surface area (Å²) in [4.78, 5) is 0. The standard InChI is InChI=1S/C10H15N3O2/c11-13-7-12-6-8-1-2-9-10(5-8)15-4-3-14-9/h1-2,5,12-13H,3-4,6-7,11H2. The number of hydrogen-bond acceptors (Lipinski definition) is 5. The highest BCUT2D eigenvalue weighted by molar-refractivity contribution is 5.43. The highest BCUT2D eigenvalue weighted by Crippen LogP contribution is 2.30. The van der Waals surface area contributed by atoms with Crippen LogP contribution in [0, 0.1) is 0 Å². The van der Waals surface area contributed by atoms with E-state index in [9.17, 15) is 0 Å². The number of benzene rings is 1. The molecule has 0 radical (unpaired) electrons. The molecule has 0 aromatic heterocycles. The summed E-state index contributed by atoms with van der Waals surface area (Å²) >= 11 is 0. The van der Waals surface area contributed by atoms with Crippen molar-refractivity contribution in [2.24, 2.45) is 5.84 Å². The summed E-state index contributed by atoms with van der Waals surface area (Å²) in [5.41, 5.74) is 3.68. The van der Waals surface area contributed by atoms with Gasteiger partial charge in [-0.1, -0.05) is 6.07 Å². The fraction of sp³-hybridized carbons (Fsp3) is 0.400. The molecule has 1 aliphatic heterocycles. The summed E-state index contributed by atoms with van der Waals surface area (Å²) in [5.74, 6) is 6.79. The molecule has 0 amide bonds.